The van der Waals surface area contributed by atoms with Crippen molar-refractivity contribution in [2.24, 2.45) is 0 Å². The lowest BCUT2D eigenvalue weighted by Crippen LogP contribution is -1.96. The van der Waals surface area contributed by atoms with Crippen molar-refractivity contribution in [1.82, 2.24) is 0 Å². The standard InChI is InChI=1S/C14H11BrCl2O2/c1-8(18)9-4-2-3-5-13(9)19-14-7-11(16)10(15)6-12(14)17/h2-8,18H,1H3/t8-/m0/s1. The van der Waals surface area contributed by atoms with Gasteiger partial charge in [-0.2, -0.15) is 0 Å². The van der Waals surface area contributed by atoms with Gasteiger partial charge in [-0.3, -0.25) is 0 Å². The van der Waals surface area contributed by atoms with E-state index < -0.39 is 6.10 Å². The number of hydrogen-bond acceptors (Lipinski definition) is 2. The molecule has 100 valence electrons. The minimum atomic E-state index is -0.624. The molecular formula is C14H11BrCl2O2. The van der Waals surface area contributed by atoms with Crippen molar-refractivity contribution in [3.05, 3.63) is 56.5 Å². The summed E-state index contributed by atoms with van der Waals surface area (Å²) in [6.07, 6.45) is -0.624. The molecule has 0 radical (unpaired) electrons. The Morgan fingerprint density at radius 1 is 1.11 bits per heavy atom. The Kier molecular flexibility index (Phi) is 4.74. The molecule has 0 aromatic heterocycles. The van der Waals surface area contributed by atoms with Gasteiger partial charge in [-0.1, -0.05) is 41.4 Å². The molecule has 0 heterocycles. The van der Waals surface area contributed by atoms with E-state index >= 15 is 0 Å². The van der Waals surface area contributed by atoms with Crippen molar-refractivity contribution in [1.29, 1.82) is 0 Å². The number of ether oxygens (including phenoxy) is 1. The van der Waals surface area contributed by atoms with Crippen LogP contribution in [-0.4, -0.2) is 5.11 Å². The van der Waals surface area contributed by atoms with Gasteiger partial charge in [0.1, 0.15) is 11.5 Å². The topological polar surface area (TPSA) is 29.5 Å². The van der Waals surface area contributed by atoms with Crippen molar-refractivity contribution >= 4 is 39.1 Å². The highest BCUT2D eigenvalue weighted by molar-refractivity contribution is 9.10. The van der Waals surface area contributed by atoms with E-state index in [0.29, 0.717) is 31.6 Å². The fourth-order valence-electron chi connectivity index (χ4n) is 1.62. The molecule has 0 amide bonds. The first-order chi connectivity index (χ1) is 8.99. The zero-order chi connectivity index (χ0) is 14.0. The lowest BCUT2D eigenvalue weighted by molar-refractivity contribution is 0.195. The van der Waals surface area contributed by atoms with Crippen LogP contribution >= 0.6 is 39.1 Å². The molecule has 0 saturated carbocycles. The highest BCUT2D eigenvalue weighted by Gasteiger charge is 2.12. The van der Waals surface area contributed by atoms with E-state index in [0.717, 1.165) is 0 Å². The van der Waals surface area contributed by atoms with Crippen molar-refractivity contribution in [3.63, 3.8) is 0 Å². The molecule has 0 aliphatic carbocycles. The van der Waals surface area contributed by atoms with Gasteiger partial charge in [0.15, 0.2) is 0 Å². The zero-order valence-electron chi connectivity index (χ0n) is 10.0. The van der Waals surface area contributed by atoms with Crippen molar-refractivity contribution in [2.45, 2.75) is 13.0 Å². The first kappa shape index (κ1) is 14.7. The minimum Gasteiger partial charge on any atom is -0.455 e. The fraction of sp³-hybridized carbons (Fsp3) is 0.143. The second kappa shape index (κ2) is 6.14. The van der Waals surface area contributed by atoms with Crippen LogP contribution < -0.4 is 4.74 Å². The van der Waals surface area contributed by atoms with Crippen molar-refractivity contribution < 1.29 is 9.84 Å². The maximum Gasteiger partial charge on any atom is 0.147 e. The Morgan fingerprint density at radius 3 is 2.47 bits per heavy atom. The van der Waals surface area contributed by atoms with Crippen LogP contribution in [0.25, 0.3) is 0 Å². The number of hydrogen-bond donors (Lipinski definition) is 1. The molecule has 1 N–H and O–H groups in total. The van der Waals surface area contributed by atoms with Crippen LogP contribution in [-0.2, 0) is 0 Å². The first-order valence-electron chi connectivity index (χ1n) is 5.58. The SMILES string of the molecule is C[C@H](O)c1ccccc1Oc1cc(Cl)c(Br)cc1Cl. The zero-order valence-corrected chi connectivity index (χ0v) is 13.1. The van der Waals surface area contributed by atoms with Crippen LogP contribution in [0, 0.1) is 0 Å². The van der Waals surface area contributed by atoms with E-state index in [-0.39, 0.29) is 0 Å². The van der Waals surface area contributed by atoms with Crippen molar-refractivity contribution in [2.75, 3.05) is 0 Å². The second-order valence-electron chi connectivity index (χ2n) is 4.01. The van der Waals surface area contributed by atoms with Gasteiger partial charge in [-0.05, 0) is 35.0 Å². The van der Waals surface area contributed by atoms with Gasteiger partial charge in [0.05, 0.1) is 16.1 Å². The molecule has 2 aromatic rings. The van der Waals surface area contributed by atoms with Crippen LogP contribution in [0.5, 0.6) is 11.5 Å². The second-order valence-corrected chi connectivity index (χ2v) is 5.68. The summed E-state index contributed by atoms with van der Waals surface area (Å²) in [5.41, 5.74) is 0.692. The third-order valence-corrected chi connectivity index (χ3v) is 4.06. The third-order valence-electron chi connectivity index (χ3n) is 2.56. The predicted octanol–water partition coefficient (Wildman–Crippen LogP) is 5.60. The molecule has 0 spiro atoms. The molecule has 0 fully saturated rings. The van der Waals surface area contributed by atoms with Gasteiger partial charge in [0.25, 0.3) is 0 Å². The largest absolute Gasteiger partial charge is 0.455 e. The molecule has 2 aromatic carbocycles. The van der Waals surface area contributed by atoms with E-state index in [4.69, 9.17) is 27.9 Å². The summed E-state index contributed by atoms with van der Waals surface area (Å²) < 4.78 is 6.44. The molecule has 2 nitrogen and oxygen atoms in total. The highest BCUT2D eigenvalue weighted by atomic mass is 79.9. The normalized spacial score (nSPS) is 12.3. The van der Waals surface area contributed by atoms with Gasteiger partial charge in [0.2, 0.25) is 0 Å². The number of aliphatic hydroxyl groups excluding tert-OH is 1. The predicted molar refractivity (Wildman–Crippen MR) is 81.3 cm³/mol. The summed E-state index contributed by atoms with van der Waals surface area (Å²) in [4.78, 5) is 0. The molecule has 19 heavy (non-hydrogen) atoms. The molecule has 0 aliphatic heterocycles. The average Bonchev–Trinajstić information content (AvgIpc) is 2.36. The van der Waals surface area contributed by atoms with Crippen LogP contribution in [0.4, 0.5) is 0 Å². The maximum atomic E-state index is 9.70. The Morgan fingerprint density at radius 2 is 1.79 bits per heavy atom. The summed E-state index contributed by atoms with van der Waals surface area (Å²) in [7, 11) is 0. The minimum absolute atomic E-state index is 0.441. The molecule has 1 atom stereocenters. The molecule has 2 rings (SSSR count). The Hall–Kier alpha value is -0.740. The Labute approximate surface area is 130 Å². The lowest BCUT2D eigenvalue weighted by Gasteiger charge is -2.14. The smallest absolute Gasteiger partial charge is 0.147 e. The summed E-state index contributed by atoms with van der Waals surface area (Å²) >= 11 is 15.4. The van der Waals surface area contributed by atoms with Gasteiger partial charge in [0, 0.05) is 16.1 Å². The van der Waals surface area contributed by atoms with Gasteiger partial charge >= 0.3 is 0 Å². The first-order valence-corrected chi connectivity index (χ1v) is 7.13. The number of halogens is 3. The maximum absolute atomic E-state index is 9.70. The molecule has 0 bridgehead atoms. The van der Waals surface area contributed by atoms with Crippen LogP contribution in [0.3, 0.4) is 0 Å². The van der Waals surface area contributed by atoms with Gasteiger partial charge < -0.3 is 9.84 Å². The summed E-state index contributed by atoms with van der Waals surface area (Å²) in [6.45, 7) is 1.68. The molecular weight excluding hydrogens is 351 g/mol. The summed E-state index contributed by atoms with van der Waals surface area (Å²) in [5.74, 6) is 1.00. The van der Waals surface area contributed by atoms with Crippen LogP contribution in [0.1, 0.15) is 18.6 Å². The average molecular weight is 362 g/mol. The number of aliphatic hydroxyl groups is 1. The van der Waals surface area contributed by atoms with Gasteiger partial charge in [-0.25, -0.2) is 0 Å². The van der Waals surface area contributed by atoms with E-state index in [1.165, 1.54) is 0 Å². The monoisotopic (exact) mass is 360 g/mol. The van der Waals surface area contributed by atoms with E-state index in [9.17, 15) is 5.11 Å². The lowest BCUT2D eigenvalue weighted by atomic mass is 10.1. The molecule has 0 aliphatic rings. The third kappa shape index (κ3) is 3.42. The molecule has 5 heteroatoms. The Balaban J connectivity index is 2.39. The molecule has 0 saturated heterocycles. The van der Waals surface area contributed by atoms with Crippen LogP contribution in [0.15, 0.2) is 40.9 Å². The fourth-order valence-corrected chi connectivity index (χ4v) is 2.45. The summed E-state index contributed by atoms with van der Waals surface area (Å²) in [5, 5.41) is 10.7. The van der Waals surface area contributed by atoms with Gasteiger partial charge in [-0.15, -0.1) is 0 Å². The summed E-state index contributed by atoms with van der Waals surface area (Å²) in [6, 6.07) is 10.5. The quantitative estimate of drug-likeness (QED) is 0.721. The Bertz CT molecular complexity index is 600. The molecule has 0 unspecified atom stereocenters. The number of rotatable bonds is 3. The highest BCUT2D eigenvalue weighted by Crippen LogP contribution is 2.38. The number of benzene rings is 2. The van der Waals surface area contributed by atoms with E-state index in [1.807, 2.05) is 12.1 Å². The van der Waals surface area contributed by atoms with Crippen LogP contribution in [0.2, 0.25) is 10.0 Å². The van der Waals surface area contributed by atoms with Crippen molar-refractivity contribution in [3.8, 4) is 11.5 Å². The van der Waals surface area contributed by atoms with E-state index in [2.05, 4.69) is 15.9 Å². The van der Waals surface area contributed by atoms with E-state index in [1.54, 1.807) is 31.2 Å². The number of para-hydroxylation sites is 1.